The lowest BCUT2D eigenvalue weighted by atomic mass is 9.51. The van der Waals surface area contributed by atoms with Crippen LogP contribution in [0.3, 0.4) is 0 Å². The first kappa shape index (κ1) is 12.5. The Balaban J connectivity index is 1.73. The van der Waals surface area contributed by atoms with E-state index >= 15 is 0 Å². The van der Waals surface area contributed by atoms with Crippen molar-refractivity contribution < 1.29 is 4.74 Å². The molecule has 0 radical (unpaired) electrons. The molecule has 3 rings (SSSR count). The van der Waals surface area contributed by atoms with Crippen LogP contribution in [0, 0.1) is 16.7 Å². The molecular weight excluding hydrogens is 236 g/mol. The second-order valence-electron chi connectivity index (χ2n) is 5.62. The normalized spacial score (nSPS) is 27.2. The molecule has 2 unspecified atom stereocenters. The molecule has 0 aromatic heterocycles. The zero-order valence-corrected chi connectivity index (χ0v) is 11.4. The summed E-state index contributed by atoms with van der Waals surface area (Å²) >= 11 is 0. The molecule has 2 aliphatic rings. The first-order valence-electron chi connectivity index (χ1n) is 7.17. The number of ether oxygens (including phenoxy) is 1. The number of hydrogen-bond acceptors (Lipinski definition) is 3. The van der Waals surface area contributed by atoms with Gasteiger partial charge in [-0.3, -0.25) is 0 Å². The lowest BCUT2D eigenvalue weighted by molar-refractivity contribution is -0.157. The third-order valence-electron chi connectivity index (χ3n) is 4.81. The third-order valence-corrected chi connectivity index (χ3v) is 4.81. The summed E-state index contributed by atoms with van der Waals surface area (Å²) in [6.45, 7) is 2.87. The number of hydrogen-bond donors (Lipinski definition) is 1. The highest BCUT2D eigenvalue weighted by Crippen LogP contribution is 2.58. The fourth-order valence-corrected chi connectivity index (χ4v) is 3.53. The Morgan fingerprint density at radius 2 is 2.21 bits per heavy atom. The van der Waals surface area contributed by atoms with Gasteiger partial charge in [-0.05, 0) is 38.3 Å². The Bertz CT molecular complexity index is 502. The molecular formula is C16H20N2O. The first-order chi connectivity index (χ1) is 9.30. The lowest BCUT2D eigenvalue weighted by Gasteiger charge is -2.61. The molecule has 0 heterocycles. The van der Waals surface area contributed by atoms with Crippen LogP contribution >= 0.6 is 0 Å². The van der Waals surface area contributed by atoms with E-state index in [-0.39, 0.29) is 0 Å². The number of nitrogens with zero attached hydrogens (tertiary/aromatic N) is 1. The van der Waals surface area contributed by atoms with Crippen molar-refractivity contribution in [3.8, 4) is 6.07 Å². The van der Waals surface area contributed by atoms with Gasteiger partial charge in [0.05, 0.1) is 17.4 Å². The van der Waals surface area contributed by atoms with Crippen LogP contribution in [0.1, 0.15) is 38.2 Å². The number of para-hydroxylation sites is 1. The van der Waals surface area contributed by atoms with E-state index in [1.54, 1.807) is 0 Å². The summed E-state index contributed by atoms with van der Waals surface area (Å²) in [6.07, 6.45) is 5.29. The van der Waals surface area contributed by atoms with Crippen molar-refractivity contribution in [2.24, 2.45) is 5.41 Å². The van der Waals surface area contributed by atoms with Gasteiger partial charge < -0.3 is 10.1 Å². The summed E-state index contributed by atoms with van der Waals surface area (Å²) in [7, 11) is 0. The minimum absolute atomic E-state index is 0.332. The van der Waals surface area contributed by atoms with Gasteiger partial charge in [-0.2, -0.15) is 5.26 Å². The summed E-state index contributed by atoms with van der Waals surface area (Å²) in [5.74, 6) is 0. The van der Waals surface area contributed by atoms with Crippen molar-refractivity contribution in [2.45, 2.75) is 44.8 Å². The number of nitrogens with one attached hydrogen (secondary N) is 1. The van der Waals surface area contributed by atoms with Crippen molar-refractivity contribution in [1.82, 2.24) is 0 Å². The molecule has 3 heteroatoms. The summed E-state index contributed by atoms with van der Waals surface area (Å²) in [5.41, 5.74) is 2.03. The van der Waals surface area contributed by atoms with Gasteiger partial charge in [0.1, 0.15) is 6.07 Å². The van der Waals surface area contributed by atoms with Crippen LogP contribution in [-0.2, 0) is 4.74 Å². The number of benzene rings is 1. The molecule has 0 aliphatic heterocycles. The molecule has 0 bridgehead atoms. The van der Waals surface area contributed by atoms with E-state index in [9.17, 15) is 0 Å². The highest BCUT2D eigenvalue weighted by atomic mass is 16.5. The second-order valence-corrected chi connectivity index (χ2v) is 5.62. The van der Waals surface area contributed by atoms with E-state index in [1.807, 2.05) is 24.3 Å². The molecule has 1 aromatic carbocycles. The quantitative estimate of drug-likeness (QED) is 0.898. The predicted molar refractivity (Wildman–Crippen MR) is 74.9 cm³/mol. The standard InChI is InChI=1S/C16H20N2O/c1-2-19-15-10-14(16(15)8-5-9-16)18-13-7-4-3-6-12(13)11-17/h3-4,6-7,14-15,18H,2,5,8-10H2,1H3. The van der Waals surface area contributed by atoms with Gasteiger partial charge in [-0.1, -0.05) is 18.6 Å². The van der Waals surface area contributed by atoms with E-state index in [2.05, 4.69) is 18.3 Å². The SMILES string of the molecule is CCOC1CC(Nc2ccccc2C#N)C12CCC2. The number of nitriles is 1. The highest BCUT2D eigenvalue weighted by Gasteiger charge is 2.58. The van der Waals surface area contributed by atoms with E-state index < -0.39 is 0 Å². The lowest BCUT2D eigenvalue weighted by Crippen LogP contribution is -2.64. The van der Waals surface area contributed by atoms with Gasteiger partial charge in [-0.25, -0.2) is 0 Å². The van der Waals surface area contributed by atoms with Crippen molar-refractivity contribution in [2.75, 3.05) is 11.9 Å². The number of rotatable bonds is 4. The van der Waals surface area contributed by atoms with Crippen molar-refractivity contribution in [3.05, 3.63) is 29.8 Å². The Hall–Kier alpha value is -1.53. The van der Waals surface area contributed by atoms with Crippen molar-refractivity contribution in [1.29, 1.82) is 5.26 Å². The minimum atomic E-state index is 0.332. The third kappa shape index (κ3) is 1.91. The molecule has 3 nitrogen and oxygen atoms in total. The smallest absolute Gasteiger partial charge is 0.101 e. The largest absolute Gasteiger partial charge is 0.380 e. The molecule has 1 aromatic rings. The van der Waals surface area contributed by atoms with Gasteiger partial charge in [0, 0.05) is 18.1 Å². The monoisotopic (exact) mass is 256 g/mol. The fourth-order valence-electron chi connectivity index (χ4n) is 3.53. The minimum Gasteiger partial charge on any atom is -0.380 e. The van der Waals surface area contributed by atoms with Gasteiger partial charge in [0.15, 0.2) is 0 Å². The van der Waals surface area contributed by atoms with Gasteiger partial charge in [0.2, 0.25) is 0 Å². The second kappa shape index (κ2) is 4.86. The maximum Gasteiger partial charge on any atom is 0.101 e. The van der Waals surface area contributed by atoms with Crippen LogP contribution in [0.25, 0.3) is 0 Å². The molecule has 2 aliphatic carbocycles. The van der Waals surface area contributed by atoms with Crippen LogP contribution in [0.4, 0.5) is 5.69 Å². The maximum absolute atomic E-state index is 9.14. The molecule has 19 heavy (non-hydrogen) atoms. The summed E-state index contributed by atoms with van der Waals surface area (Å²) in [4.78, 5) is 0. The van der Waals surface area contributed by atoms with Crippen molar-refractivity contribution in [3.63, 3.8) is 0 Å². The molecule has 2 saturated carbocycles. The highest BCUT2D eigenvalue weighted by molar-refractivity contribution is 5.58. The van der Waals surface area contributed by atoms with Gasteiger partial charge >= 0.3 is 0 Å². The average molecular weight is 256 g/mol. The van der Waals surface area contributed by atoms with E-state index in [1.165, 1.54) is 19.3 Å². The van der Waals surface area contributed by atoms with E-state index in [0.29, 0.717) is 17.6 Å². The van der Waals surface area contributed by atoms with Gasteiger partial charge in [0.25, 0.3) is 0 Å². The van der Waals surface area contributed by atoms with E-state index in [4.69, 9.17) is 10.00 Å². The number of anilines is 1. The Labute approximate surface area is 114 Å². The molecule has 1 spiro atoms. The van der Waals surface area contributed by atoms with Crippen LogP contribution in [0.5, 0.6) is 0 Å². The molecule has 0 saturated heterocycles. The van der Waals surface area contributed by atoms with Crippen LogP contribution < -0.4 is 5.32 Å². The fraction of sp³-hybridized carbons (Fsp3) is 0.562. The summed E-state index contributed by atoms with van der Waals surface area (Å²) in [6, 6.07) is 10.5. The summed E-state index contributed by atoms with van der Waals surface area (Å²) in [5, 5.41) is 12.7. The average Bonchev–Trinajstić information content (AvgIpc) is 2.36. The first-order valence-corrected chi connectivity index (χ1v) is 7.17. The Morgan fingerprint density at radius 3 is 2.84 bits per heavy atom. The van der Waals surface area contributed by atoms with E-state index in [0.717, 1.165) is 24.3 Å². The zero-order valence-electron chi connectivity index (χ0n) is 11.4. The molecule has 100 valence electrons. The van der Waals surface area contributed by atoms with Crippen molar-refractivity contribution >= 4 is 5.69 Å². The molecule has 2 atom stereocenters. The Kier molecular flexibility index (Phi) is 3.20. The van der Waals surface area contributed by atoms with Crippen LogP contribution in [0.2, 0.25) is 0 Å². The topological polar surface area (TPSA) is 45.0 Å². The predicted octanol–water partition coefficient (Wildman–Crippen LogP) is 3.32. The van der Waals surface area contributed by atoms with Crippen LogP contribution in [-0.4, -0.2) is 18.8 Å². The molecule has 0 amide bonds. The van der Waals surface area contributed by atoms with Gasteiger partial charge in [-0.15, -0.1) is 0 Å². The molecule has 1 N–H and O–H groups in total. The maximum atomic E-state index is 9.14. The molecule has 2 fully saturated rings. The summed E-state index contributed by atoms with van der Waals surface area (Å²) < 4.78 is 5.86. The van der Waals surface area contributed by atoms with Crippen LogP contribution in [0.15, 0.2) is 24.3 Å². The Morgan fingerprint density at radius 1 is 1.42 bits per heavy atom. The zero-order chi connectivity index (χ0) is 13.3.